The molecule has 2 aromatic rings. The number of aryl methyl sites for hydroxylation is 2. The summed E-state index contributed by atoms with van der Waals surface area (Å²) in [5, 5.41) is 0.933. The molecule has 0 aromatic carbocycles. The van der Waals surface area contributed by atoms with Crippen molar-refractivity contribution < 1.29 is 0 Å². The van der Waals surface area contributed by atoms with Crippen LogP contribution >= 0.6 is 23.6 Å². The molecule has 0 aliphatic heterocycles. The van der Waals surface area contributed by atoms with Crippen LogP contribution in [0.5, 0.6) is 0 Å². The molecule has 2 aliphatic carbocycles. The van der Waals surface area contributed by atoms with E-state index in [-0.39, 0.29) is 5.56 Å². The van der Waals surface area contributed by atoms with Gasteiger partial charge in [0.2, 0.25) is 0 Å². The quantitative estimate of drug-likeness (QED) is 0.793. The van der Waals surface area contributed by atoms with Crippen LogP contribution in [0.3, 0.4) is 0 Å². The maximum absolute atomic E-state index is 13.1. The van der Waals surface area contributed by atoms with Gasteiger partial charge in [-0.1, -0.05) is 6.92 Å². The molecule has 0 spiro atoms. The van der Waals surface area contributed by atoms with Crippen LogP contribution in [-0.2, 0) is 12.8 Å². The molecular formula is C16H20N2OS2. The molecule has 2 atom stereocenters. The largest absolute Gasteiger partial charge is 0.323 e. The fourth-order valence-corrected chi connectivity index (χ4v) is 5.67. The summed E-state index contributed by atoms with van der Waals surface area (Å²) in [5.41, 5.74) is 1.46. The summed E-state index contributed by atoms with van der Waals surface area (Å²) in [6, 6.07) is 0.291. The SMILES string of the molecule is CC1CCC(n2c(=S)[nH]c3sc4c(c3c2=O)CCCC4)C1. The first kappa shape index (κ1) is 13.7. The fraction of sp³-hybridized carbons (Fsp3) is 0.625. The Bertz CT molecular complexity index is 814. The molecule has 1 saturated carbocycles. The lowest BCUT2D eigenvalue weighted by molar-refractivity contribution is 0.472. The van der Waals surface area contributed by atoms with Crippen LogP contribution in [0.25, 0.3) is 10.2 Å². The Balaban J connectivity index is 1.96. The van der Waals surface area contributed by atoms with Crippen LogP contribution < -0.4 is 5.56 Å². The lowest BCUT2D eigenvalue weighted by Gasteiger charge is -2.15. The average molecular weight is 320 g/mol. The van der Waals surface area contributed by atoms with Crippen molar-refractivity contribution >= 4 is 33.8 Å². The normalized spacial score (nSPS) is 25.4. The number of aromatic nitrogens is 2. The highest BCUT2D eigenvalue weighted by Gasteiger charge is 2.27. The van der Waals surface area contributed by atoms with Crippen molar-refractivity contribution in [3.8, 4) is 0 Å². The summed E-state index contributed by atoms with van der Waals surface area (Å²) < 4.78 is 2.49. The molecule has 4 rings (SSSR count). The Morgan fingerprint density at radius 1 is 1.29 bits per heavy atom. The van der Waals surface area contributed by atoms with Gasteiger partial charge < -0.3 is 4.98 Å². The van der Waals surface area contributed by atoms with E-state index >= 15 is 0 Å². The van der Waals surface area contributed by atoms with Crippen LogP contribution in [-0.4, -0.2) is 9.55 Å². The zero-order chi connectivity index (χ0) is 14.6. The van der Waals surface area contributed by atoms with Crippen LogP contribution in [0, 0.1) is 10.7 Å². The molecule has 2 unspecified atom stereocenters. The number of hydrogen-bond donors (Lipinski definition) is 1. The first-order valence-corrected chi connectivity index (χ1v) is 9.16. The summed E-state index contributed by atoms with van der Waals surface area (Å²) in [6.45, 7) is 2.27. The van der Waals surface area contributed by atoms with Gasteiger partial charge in [-0.25, -0.2) is 0 Å². The smallest absolute Gasteiger partial charge is 0.263 e. The first-order chi connectivity index (χ1) is 10.1. The minimum Gasteiger partial charge on any atom is -0.323 e. The molecule has 0 radical (unpaired) electrons. The predicted octanol–water partition coefficient (Wildman–Crippen LogP) is 4.36. The zero-order valence-corrected chi connectivity index (χ0v) is 13.9. The number of thiophene rings is 1. The molecule has 2 heterocycles. The van der Waals surface area contributed by atoms with E-state index in [9.17, 15) is 4.79 Å². The van der Waals surface area contributed by atoms with Crippen LogP contribution in [0.1, 0.15) is 55.5 Å². The Labute approximate surface area is 133 Å². The topological polar surface area (TPSA) is 37.8 Å². The third-order valence-electron chi connectivity index (χ3n) is 5.08. The molecule has 5 heteroatoms. The van der Waals surface area contributed by atoms with Crippen molar-refractivity contribution in [2.75, 3.05) is 0 Å². The Hall–Kier alpha value is -0.940. The molecule has 0 saturated heterocycles. The maximum Gasteiger partial charge on any atom is 0.263 e. The van der Waals surface area contributed by atoms with Gasteiger partial charge in [-0.05, 0) is 68.6 Å². The van der Waals surface area contributed by atoms with Crippen molar-refractivity contribution in [2.24, 2.45) is 5.92 Å². The van der Waals surface area contributed by atoms with E-state index in [1.54, 1.807) is 11.3 Å². The number of nitrogens with zero attached hydrogens (tertiary/aromatic N) is 1. The predicted molar refractivity (Wildman–Crippen MR) is 90.0 cm³/mol. The van der Waals surface area contributed by atoms with Gasteiger partial charge in [0.1, 0.15) is 4.83 Å². The highest BCUT2D eigenvalue weighted by molar-refractivity contribution is 7.71. The number of rotatable bonds is 1. The van der Waals surface area contributed by atoms with Gasteiger partial charge in [0, 0.05) is 10.9 Å². The summed E-state index contributed by atoms with van der Waals surface area (Å²) in [7, 11) is 0. The van der Waals surface area contributed by atoms with Gasteiger partial charge in [-0.2, -0.15) is 0 Å². The third-order valence-corrected chi connectivity index (χ3v) is 6.58. The van der Waals surface area contributed by atoms with Gasteiger partial charge in [-0.15, -0.1) is 11.3 Å². The second-order valence-corrected chi connectivity index (χ2v) is 8.08. The number of H-pyrrole nitrogens is 1. The lowest BCUT2D eigenvalue weighted by atomic mass is 9.97. The molecule has 21 heavy (non-hydrogen) atoms. The van der Waals surface area contributed by atoms with E-state index in [1.807, 2.05) is 4.57 Å². The van der Waals surface area contributed by atoms with Crippen LogP contribution in [0.2, 0.25) is 0 Å². The van der Waals surface area contributed by atoms with Crippen molar-refractivity contribution in [3.05, 3.63) is 25.6 Å². The average Bonchev–Trinajstić information content (AvgIpc) is 3.02. The molecule has 0 bridgehead atoms. The van der Waals surface area contributed by atoms with Crippen molar-refractivity contribution in [1.29, 1.82) is 0 Å². The number of fused-ring (bicyclic) bond motifs is 3. The van der Waals surface area contributed by atoms with E-state index in [4.69, 9.17) is 12.2 Å². The molecule has 1 N–H and O–H groups in total. The summed E-state index contributed by atoms with van der Waals surface area (Å²) >= 11 is 7.24. The van der Waals surface area contributed by atoms with Crippen LogP contribution in [0.15, 0.2) is 4.79 Å². The number of hydrogen-bond acceptors (Lipinski definition) is 3. The van der Waals surface area contributed by atoms with Gasteiger partial charge in [0.15, 0.2) is 4.77 Å². The Kier molecular flexibility index (Phi) is 3.30. The molecule has 0 amide bonds. The van der Waals surface area contributed by atoms with Crippen molar-refractivity contribution in [3.63, 3.8) is 0 Å². The van der Waals surface area contributed by atoms with Crippen LogP contribution in [0.4, 0.5) is 0 Å². The van der Waals surface area contributed by atoms with E-state index < -0.39 is 0 Å². The van der Waals surface area contributed by atoms with E-state index in [1.165, 1.54) is 29.7 Å². The first-order valence-electron chi connectivity index (χ1n) is 7.94. The summed E-state index contributed by atoms with van der Waals surface area (Å²) in [5.74, 6) is 0.698. The van der Waals surface area contributed by atoms with Gasteiger partial charge >= 0.3 is 0 Å². The summed E-state index contributed by atoms with van der Waals surface area (Å²) in [4.78, 5) is 18.8. The third kappa shape index (κ3) is 2.13. The number of nitrogens with one attached hydrogen (secondary N) is 1. The van der Waals surface area contributed by atoms with Crippen molar-refractivity contribution in [1.82, 2.24) is 9.55 Å². The second kappa shape index (κ2) is 5.06. The molecule has 3 nitrogen and oxygen atoms in total. The second-order valence-electron chi connectivity index (χ2n) is 6.59. The zero-order valence-electron chi connectivity index (χ0n) is 12.3. The standard InChI is InChI=1S/C16H20N2OS2/c1-9-6-7-10(8-9)18-15(19)13-11-4-2-3-5-12(11)21-14(13)17-16(18)20/h9-10H,2-8H2,1H3,(H,17,20). The Morgan fingerprint density at radius 3 is 2.86 bits per heavy atom. The van der Waals surface area contributed by atoms with E-state index in [0.717, 1.165) is 35.9 Å². The Morgan fingerprint density at radius 2 is 2.10 bits per heavy atom. The minimum atomic E-state index is 0.159. The highest BCUT2D eigenvalue weighted by atomic mass is 32.1. The number of aromatic amines is 1. The van der Waals surface area contributed by atoms with Gasteiger partial charge in [0.25, 0.3) is 5.56 Å². The minimum absolute atomic E-state index is 0.159. The lowest BCUT2D eigenvalue weighted by Crippen LogP contribution is -2.25. The molecule has 2 aliphatic rings. The fourth-order valence-electron chi connectivity index (χ4n) is 3.99. The van der Waals surface area contributed by atoms with Gasteiger partial charge in [0.05, 0.1) is 5.39 Å². The molecule has 2 aromatic heterocycles. The van der Waals surface area contributed by atoms with Gasteiger partial charge in [-0.3, -0.25) is 9.36 Å². The molecule has 1 fully saturated rings. The monoisotopic (exact) mass is 320 g/mol. The molecular weight excluding hydrogens is 300 g/mol. The summed E-state index contributed by atoms with van der Waals surface area (Å²) in [6.07, 6.45) is 7.98. The van der Waals surface area contributed by atoms with Crippen molar-refractivity contribution in [2.45, 2.75) is 57.9 Å². The molecule has 112 valence electrons. The van der Waals surface area contributed by atoms with E-state index in [2.05, 4.69) is 11.9 Å². The van der Waals surface area contributed by atoms with E-state index in [0.29, 0.717) is 16.7 Å². The highest BCUT2D eigenvalue weighted by Crippen LogP contribution is 2.36. The maximum atomic E-state index is 13.1.